The summed E-state index contributed by atoms with van der Waals surface area (Å²) in [4.78, 5) is 30.3. The predicted octanol–water partition coefficient (Wildman–Crippen LogP) is 3.66. The molecule has 7 nitrogen and oxygen atoms in total. The van der Waals surface area contributed by atoms with Crippen molar-refractivity contribution < 1.29 is 14.3 Å². The van der Waals surface area contributed by atoms with Crippen LogP contribution in [0.1, 0.15) is 19.5 Å². The van der Waals surface area contributed by atoms with Crippen LogP contribution in [0.2, 0.25) is 0 Å². The van der Waals surface area contributed by atoms with Crippen LogP contribution in [0, 0.1) is 0 Å². The Morgan fingerprint density at radius 2 is 1.90 bits per heavy atom. The van der Waals surface area contributed by atoms with Gasteiger partial charge in [0, 0.05) is 49.2 Å². The third-order valence-corrected chi connectivity index (χ3v) is 5.60. The van der Waals surface area contributed by atoms with E-state index in [2.05, 4.69) is 5.32 Å². The van der Waals surface area contributed by atoms with E-state index >= 15 is 0 Å². The molecule has 1 aromatic carbocycles. The van der Waals surface area contributed by atoms with Gasteiger partial charge < -0.3 is 24.4 Å². The topological polar surface area (TPSA) is 66.8 Å². The zero-order valence-electron chi connectivity index (χ0n) is 18.4. The van der Waals surface area contributed by atoms with Gasteiger partial charge in [-0.25, -0.2) is 4.79 Å². The Kier molecular flexibility index (Phi) is 9.26. The molecule has 2 aromatic rings. The standard InChI is InChI=1S/C22H32N4O3S/c1-17(2)26(22(28)23-18-8-10-20(30-5)11-9-18)16-21(27)25(13-14-29-4)15-19-7-6-12-24(19)3/h6-12,17H,13-16H2,1-5H3,(H,23,28). The number of methoxy groups -OCH3 is 1. The van der Waals surface area contributed by atoms with E-state index in [0.717, 1.165) is 10.6 Å². The van der Waals surface area contributed by atoms with Crippen molar-refractivity contribution in [3.63, 3.8) is 0 Å². The molecule has 0 atom stereocenters. The second-order valence-corrected chi connectivity index (χ2v) is 8.18. The van der Waals surface area contributed by atoms with Crippen LogP contribution < -0.4 is 5.32 Å². The number of hydrogen-bond acceptors (Lipinski definition) is 4. The molecule has 30 heavy (non-hydrogen) atoms. The molecule has 1 aromatic heterocycles. The van der Waals surface area contributed by atoms with Gasteiger partial charge in [0.25, 0.3) is 0 Å². The number of nitrogens with zero attached hydrogens (tertiary/aromatic N) is 3. The van der Waals surface area contributed by atoms with Gasteiger partial charge in [-0.15, -0.1) is 11.8 Å². The summed E-state index contributed by atoms with van der Waals surface area (Å²) in [7, 11) is 3.56. The zero-order valence-corrected chi connectivity index (χ0v) is 19.2. The van der Waals surface area contributed by atoms with Crippen LogP contribution in [-0.4, -0.2) is 65.4 Å². The lowest BCUT2D eigenvalue weighted by atomic mass is 10.3. The average molecular weight is 433 g/mol. The zero-order chi connectivity index (χ0) is 22.1. The molecule has 0 aliphatic heterocycles. The summed E-state index contributed by atoms with van der Waals surface area (Å²) in [5, 5.41) is 2.89. The normalized spacial score (nSPS) is 10.9. The fourth-order valence-corrected chi connectivity index (χ4v) is 3.36. The monoisotopic (exact) mass is 432 g/mol. The number of aryl methyl sites for hydroxylation is 1. The fourth-order valence-electron chi connectivity index (χ4n) is 2.95. The number of thioether (sulfide) groups is 1. The van der Waals surface area contributed by atoms with Crippen LogP contribution in [0.15, 0.2) is 47.5 Å². The minimum absolute atomic E-state index is 0.000528. The molecule has 3 amide bonds. The number of benzene rings is 1. The van der Waals surface area contributed by atoms with Crippen molar-refractivity contribution in [2.24, 2.45) is 7.05 Å². The minimum atomic E-state index is -0.291. The number of amides is 3. The van der Waals surface area contributed by atoms with Crippen molar-refractivity contribution in [1.29, 1.82) is 0 Å². The first-order valence-corrected chi connectivity index (χ1v) is 11.2. The predicted molar refractivity (Wildman–Crippen MR) is 122 cm³/mol. The summed E-state index contributed by atoms with van der Waals surface area (Å²) >= 11 is 1.64. The molecule has 8 heteroatoms. The average Bonchev–Trinajstić information content (AvgIpc) is 3.13. The van der Waals surface area contributed by atoms with Crippen molar-refractivity contribution in [2.45, 2.75) is 31.3 Å². The maximum Gasteiger partial charge on any atom is 0.322 e. The van der Waals surface area contributed by atoms with Gasteiger partial charge in [-0.3, -0.25) is 4.79 Å². The third-order valence-electron chi connectivity index (χ3n) is 4.85. The maximum absolute atomic E-state index is 13.1. The first-order chi connectivity index (χ1) is 14.3. The summed E-state index contributed by atoms with van der Waals surface area (Å²) in [5.74, 6) is -0.116. The Labute approximate surface area is 183 Å². The van der Waals surface area contributed by atoms with Crippen LogP contribution in [0.3, 0.4) is 0 Å². The van der Waals surface area contributed by atoms with Gasteiger partial charge in [0.1, 0.15) is 6.54 Å². The minimum Gasteiger partial charge on any atom is -0.383 e. The summed E-state index contributed by atoms with van der Waals surface area (Å²) < 4.78 is 7.16. The first-order valence-electron chi connectivity index (χ1n) is 9.94. The van der Waals surface area contributed by atoms with Crippen LogP contribution >= 0.6 is 11.8 Å². The Balaban J connectivity index is 2.08. The Bertz CT molecular complexity index is 820. The van der Waals surface area contributed by atoms with Crippen LogP contribution in [0.25, 0.3) is 0 Å². The van der Waals surface area contributed by atoms with Crippen LogP contribution in [-0.2, 0) is 23.1 Å². The Morgan fingerprint density at radius 1 is 1.20 bits per heavy atom. The van der Waals surface area contributed by atoms with Gasteiger partial charge in [0.2, 0.25) is 5.91 Å². The van der Waals surface area contributed by atoms with E-state index in [-0.39, 0.29) is 24.5 Å². The Morgan fingerprint density at radius 3 is 2.43 bits per heavy atom. The number of hydrogen-bond donors (Lipinski definition) is 1. The number of rotatable bonds is 10. The van der Waals surface area contributed by atoms with Crippen molar-refractivity contribution in [1.82, 2.24) is 14.4 Å². The summed E-state index contributed by atoms with van der Waals surface area (Å²) in [5.41, 5.74) is 1.73. The SMILES string of the molecule is COCCN(Cc1cccn1C)C(=O)CN(C(=O)Nc1ccc(SC)cc1)C(C)C. The van der Waals surface area contributed by atoms with E-state index in [1.54, 1.807) is 28.7 Å². The largest absolute Gasteiger partial charge is 0.383 e. The molecule has 1 heterocycles. The quantitative estimate of drug-likeness (QED) is 0.582. The highest BCUT2D eigenvalue weighted by atomic mass is 32.2. The van der Waals surface area contributed by atoms with Crippen molar-refractivity contribution in [2.75, 3.05) is 38.4 Å². The molecular weight excluding hydrogens is 400 g/mol. The summed E-state index contributed by atoms with van der Waals surface area (Å²) in [6.45, 7) is 5.17. The van der Waals surface area contributed by atoms with E-state index in [0.29, 0.717) is 25.4 Å². The van der Waals surface area contributed by atoms with Gasteiger partial charge >= 0.3 is 6.03 Å². The van der Waals surface area contributed by atoms with E-state index in [1.807, 2.05) is 74.3 Å². The van der Waals surface area contributed by atoms with Crippen LogP contribution in [0.4, 0.5) is 10.5 Å². The number of nitrogens with one attached hydrogen (secondary N) is 1. The number of carbonyl (C=O) groups excluding carboxylic acids is 2. The van der Waals surface area contributed by atoms with Crippen LogP contribution in [0.5, 0.6) is 0 Å². The van der Waals surface area contributed by atoms with E-state index < -0.39 is 0 Å². The molecule has 1 N–H and O–H groups in total. The summed E-state index contributed by atoms with van der Waals surface area (Å²) in [6.07, 6.45) is 3.95. The molecule has 0 saturated heterocycles. The van der Waals surface area contributed by atoms with Crippen molar-refractivity contribution >= 4 is 29.4 Å². The fraction of sp³-hybridized carbons (Fsp3) is 0.455. The van der Waals surface area contributed by atoms with Gasteiger partial charge in [-0.05, 0) is 56.5 Å². The van der Waals surface area contributed by atoms with Gasteiger partial charge in [-0.2, -0.15) is 0 Å². The number of ether oxygens (including phenoxy) is 1. The molecule has 0 aliphatic carbocycles. The molecule has 0 bridgehead atoms. The molecule has 0 aliphatic rings. The van der Waals surface area contributed by atoms with E-state index in [1.165, 1.54) is 0 Å². The van der Waals surface area contributed by atoms with Gasteiger partial charge in [-0.1, -0.05) is 0 Å². The third kappa shape index (κ3) is 6.81. The molecule has 0 spiro atoms. The highest BCUT2D eigenvalue weighted by molar-refractivity contribution is 7.98. The van der Waals surface area contributed by atoms with Crippen molar-refractivity contribution in [3.8, 4) is 0 Å². The second kappa shape index (κ2) is 11.7. The molecule has 0 radical (unpaired) electrons. The Hall–Kier alpha value is -2.45. The van der Waals surface area contributed by atoms with E-state index in [4.69, 9.17) is 4.74 Å². The number of aromatic nitrogens is 1. The molecule has 0 saturated carbocycles. The second-order valence-electron chi connectivity index (χ2n) is 7.30. The number of carbonyl (C=O) groups is 2. The molecule has 164 valence electrons. The number of anilines is 1. The molecular formula is C22H32N4O3S. The van der Waals surface area contributed by atoms with E-state index in [9.17, 15) is 9.59 Å². The first kappa shape index (κ1) is 23.8. The van der Waals surface area contributed by atoms with Crippen molar-refractivity contribution in [3.05, 3.63) is 48.3 Å². The lowest BCUT2D eigenvalue weighted by molar-refractivity contribution is -0.133. The molecule has 2 rings (SSSR count). The number of urea groups is 1. The van der Waals surface area contributed by atoms with Gasteiger partial charge in [0.05, 0.1) is 13.2 Å². The van der Waals surface area contributed by atoms with Gasteiger partial charge in [0.15, 0.2) is 0 Å². The highest BCUT2D eigenvalue weighted by Crippen LogP contribution is 2.18. The smallest absolute Gasteiger partial charge is 0.322 e. The summed E-state index contributed by atoms with van der Waals surface area (Å²) in [6, 6.07) is 11.2. The molecule has 0 fully saturated rings. The molecule has 0 unspecified atom stereocenters. The lowest BCUT2D eigenvalue weighted by Gasteiger charge is -2.30. The maximum atomic E-state index is 13.1. The lowest BCUT2D eigenvalue weighted by Crippen LogP contribution is -2.48. The highest BCUT2D eigenvalue weighted by Gasteiger charge is 2.24.